The minimum Gasteiger partial charge on any atom is -0.436 e. The fourth-order valence-electron chi connectivity index (χ4n) is 5.29. The van der Waals surface area contributed by atoms with Crippen molar-refractivity contribution >= 4 is 40.9 Å². The molecule has 0 unspecified atom stereocenters. The first-order valence-corrected chi connectivity index (χ1v) is 12.9. The molecule has 2 fully saturated rings. The van der Waals surface area contributed by atoms with Gasteiger partial charge in [-0.25, -0.2) is 22.9 Å². The smallest absolute Gasteiger partial charge is 0.412 e. The Morgan fingerprint density at radius 3 is 2.65 bits per heavy atom. The lowest BCUT2D eigenvalue weighted by Crippen LogP contribution is -2.42. The molecule has 10 nitrogen and oxygen atoms in total. The average Bonchev–Trinajstić information content (AvgIpc) is 3.52. The Hall–Kier alpha value is -4.13. The number of carbonyl (C=O) groups excluding carboxylic acids is 2. The van der Waals surface area contributed by atoms with Crippen LogP contribution < -0.4 is 20.4 Å². The Bertz CT molecular complexity index is 1490. The number of pyridine rings is 1. The summed E-state index contributed by atoms with van der Waals surface area (Å²) in [6.07, 6.45) is 2.24. The van der Waals surface area contributed by atoms with E-state index in [0.717, 1.165) is 0 Å². The third kappa shape index (κ3) is 4.85. The summed E-state index contributed by atoms with van der Waals surface area (Å²) in [4.78, 5) is 32.7. The van der Waals surface area contributed by atoms with Gasteiger partial charge in [0.1, 0.15) is 5.82 Å². The molecule has 40 heavy (non-hydrogen) atoms. The lowest BCUT2D eigenvalue weighted by Gasteiger charge is -2.35. The number of alkyl halides is 2. The highest BCUT2D eigenvalue weighted by molar-refractivity contribution is 6.31. The first kappa shape index (κ1) is 26.1. The topological polar surface area (TPSA) is 113 Å². The van der Waals surface area contributed by atoms with Crippen molar-refractivity contribution in [3.8, 4) is 0 Å². The molecule has 6 rings (SSSR count). The fraction of sp³-hybridized carbons (Fsp3) is 0.346. The van der Waals surface area contributed by atoms with E-state index < -0.39 is 29.3 Å². The van der Waals surface area contributed by atoms with Gasteiger partial charge in [-0.1, -0.05) is 17.7 Å². The number of amides is 2. The van der Waals surface area contributed by atoms with Crippen LogP contribution in [0.2, 0.25) is 5.02 Å². The van der Waals surface area contributed by atoms with Crippen LogP contribution in [0.1, 0.15) is 34.3 Å². The molecule has 3 aliphatic rings. The molecule has 1 spiro atoms. The number of fused-ring (bicyclic) bond motifs is 2. The number of hydrogen-bond acceptors (Lipinski definition) is 8. The molecule has 0 saturated carbocycles. The van der Waals surface area contributed by atoms with Crippen LogP contribution in [0.25, 0.3) is 0 Å². The van der Waals surface area contributed by atoms with Crippen molar-refractivity contribution < 1.29 is 27.5 Å². The summed E-state index contributed by atoms with van der Waals surface area (Å²) in [6.45, 7) is 0.484. The number of rotatable bonds is 5. The lowest BCUT2D eigenvalue weighted by atomic mass is 9.89. The van der Waals surface area contributed by atoms with Crippen LogP contribution in [-0.4, -0.2) is 59.3 Å². The predicted octanol–water partition coefficient (Wildman–Crippen LogP) is 4.11. The number of hydrogen-bond donors (Lipinski definition) is 2. The van der Waals surface area contributed by atoms with Crippen LogP contribution in [0, 0.1) is 5.82 Å². The van der Waals surface area contributed by atoms with E-state index in [4.69, 9.17) is 16.3 Å². The maximum atomic E-state index is 15.1. The van der Waals surface area contributed by atoms with Gasteiger partial charge >= 0.3 is 6.09 Å². The monoisotopic (exact) mass is 573 g/mol. The molecular formula is C26H23ClF3N7O3. The fourth-order valence-corrected chi connectivity index (χ4v) is 5.44. The van der Waals surface area contributed by atoms with E-state index in [2.05, 4.69) is 25.8 Å². The molecule has 1 atom stereocenters. The normalized spacial score (nSPS) is 21.2. The number of carbonyl (C=O) groups is 2. The standard InChI is InChI=1S/C26H23ClF3N7O3/c27-17-2-3-18-21(22(17)28)25(40-24(39)34-18)5-7-36(13-25)20-9-16(12-33-35-20)23(38)32-11-15-1-4-19(31-10-15)37-8-6-26(29,30)14-37/h1-4,9-10,12H,5-8,11,13-14H2,(H,32,38)(H,34,39)/t25-/m1/s1. The second kappa shape index (κ2) is 9.81. The number of nitrogens with one attached hydrogen (secondary N) is 2. The van der Waals surface area contributed by atoms with Gasteiger partial charge in [-0.15, -0.1) is 5.10 Å². The van der Waals surface area contributed by atoms with Crippen LogP contribution >= 0.6 is 11.6 Å². The Kier molecular flexibility index (Phi) is 6.40. The summed E-state index contributed by atoms with van der Waals surface area (Å²) in [6, 6.07) is 7.83. The number of halogens is 4. The zero-order chi connectivity index (χ0) is 28.1. The number of ether oxygens (including phenoxy) is 1. The van der Waals surface area contributed by atoms with E-state index in [1.807, 2.05) is 0 Å². The van der Waals surface area contributed by atoms with Gasteiger partial charge in [0.25, 0.3) is 11.8 Å². The van der Waals surface area contributed by atoms with E-state index in [9.17, 15) is 18.4 Å². The van der Waals surface area contributed by atoms with Crippen molar-refractivity contribution in [1.29, 1.82) is 0 Å². The van der Waals surface area contributed by atoms with Gasteiger partial charge in [0, 0.05) is 38.7 Å². The van der Waals surface area contributed by atoms with E-state index in [-0.39, 0.29) is 55.2 Å². The Morgan fingerprint density at radius 2 is 1.90 bits per heavy atom. The molecule has 5 heterocycles. The van der Waals surface area contributed by atoms with E-state index in [0.29, 0.717) is 29.4 Å². The molecule has 0 radical (unpaired) electrons. The van der Waals surface area contributed by atoms with Crippen molar-refractivity contribution in [2.24, 2.45) is 0 Å². The highest BCUT2D eigenvalue weighted by Crippen LogP contribution is 2.46. The summed E-state index contributed by atoms with van der Waals surface area (Å²) < 4.78 is 47.6. The van der Waals surface area contributed by atoms with Crippen LogP contribution in [0.4, 0.5) is 35.3 Å². The third-order valence-electron chi connectivity index (χ3n) is 7.29. The molecule has 0 aliphatic carbocycles. The van der Waals surface area contributed by atoms with Crippen molar-refractivity contribution in [2.75, 3.05) is 41.3 Å². The SMILES string of the molecule is O=C1Nc2ccc(Cl)c(F)c2[C@]2(CCN(c3cc(C(=O)NCc4ccc(N5CCC(F)(F)C5)nc4)cnn3)C2)O1. The Balaban J connectivity index is 1.13. The van der Waals surface area contributed by atoms with Gasteiger partial charge in [0.05, 0.1) is 41.1 Å². The first-order valence-electron chi connectivity index (χ1n) is 12.5. The zero-order valence-corrected chi connectivity index (χ0v) is 21.7. The predicted molar refractivity (Wildman–Crippen MR) is 139 cm³/mol. The molecule has 0 bridgehead atoms. The van der Waals surface area contributed by atoms with Gasteiger partial charge in [0.15, 0.2) is 17.2 Å². The second-order valence-corrected chi connectivity index (χ2v) is 10.4. The van der Waals surface area contributed by atoms with Crippen molar-refractivity contribution in [3.63, 3.8) is 0 Å². The van der Waals surface area contributed by atoms with Crippen LogP contribution in [0.3, 0.4) is 0 Å². The van der Waals surface area contributed by atoms with Gasteiger partial charge in [-0.3, -0.25) is 10.1 Å². The van der Waals surface area contributed by atoms with Crippen molar-refractivity contribution in [1.82, 2.24) is 20.5 Å². The minimum absolute atomic E-state index is 0.0859. The number of benzene rings is 1. The minimum atomic E-state index is -2.71. The van der Waals surface area contributed by atoms with Gasteiger partial charge in [0.2, 0.25) is 0 Å². The number of aromatic nitrogens is 3. The van der Waals surface area contributed by atoms with Crippen LogP contribution in [0.15, 0.2) is 42.7 Å². The van der Waals surface area contributed by atoms with E-state index >= 15 is 4.39 Å². The summed E-state index contributed by atoms with van der Waals surface area (Å²) in [7, 11) is 0. The van der Waals surface area contributed by atoms with Crippen LogP contribution in [-0.2, 0) is 16.9 Å². The Morgan fingerprint density at radius 1 is 1.10 bits per heavy atom. The highest BCUT2D eigenvalue weighted by Gasteiger charge is 2.50. The van der Waals surface area contributed by atoms with Crippen LogP contribution in [0.5, 0.6) is 0 Å². The third-order valence-corrected chi connectivity index (χ3v) is 7.58. The Labute approximate surface area is 231 Å². The summed E-state index contributed by atoms with van der Waals surface area (Å²) in [5.74, 6) is -2.97. The molecule has 2 N–H and O–H groups in total. The molecule has 2 amide bonds. The van der Waals surface area contributed by atoms with Gasteiger partial charge in [-0.05, 0) is 29.8 Å². The molecule has 3 aliphatic heterocycles. The highest BCUT2D eigenvalue weighted by atomic mass is 35.5. The van der Waals surface area contributed by atoms with Gasteiger partial charge in [-0.2, -0.15) is 5.10 Å². The lowest BCUT2D eigenvalue weighted by molar-refractivity contribution is 0.0252. The average molecular weight is 574 g/mol. The largest absolute Gasteiger partial charge is 0.436 e. The first-order chi connectivity index (χ1) is 19.1. The van der Waals surface area contributed by atoms with Crippen molar-refractivity contribution in [2.45, 2.75) is 30.9 Å². The zero-order valence-electron chi connectivity index (χ0n) is 21.0. The molecule has 3 aromatic rings. The van der Waals surface area contributed by atoms with Crippen molar-refractivity contribution in [3.05, 3.63) is 70.3 Å². The molecule has 208 valence electrons. The molecule has 14 heteroatoms. The molecule has 2 aromatic heterocycles. The van der Waals surface area contributed by atoms with Gasteiger partial charge < -0.3 is 19.9 Å². The van der Waals surface area contributed by atoms with E-state index in [1.54, 1.807) is 23.1 Å². The van der Waals surface area contributed by atoms with E-state index in [1.165, 1.54) is 29.4 Å². The summed E-state index contributed by atoms with van der Waals surface area (Å²) in [5, 5.41) is 13.3. The number of anilines is 3. The second-order valence-electron chi connectivity index (χ2n) is 10.0. The molecule has 2 saturated heterocycles. The quantitative estimate of drug-likeness (QED) is 0.469. The molecule has 1 aromatic carbocycles. The maximum Gasteiger partial charge on any atom is 0.412 e. The summed E-state index contributed by atoms with van der Waals surface area (Å²) >= 11 is 6.02. The number of nitrogens with zero attached hydrogens (tertiary/aromatic N) is 5. The molecular weight excluding hydrogens is 551 g/mol. The summed E-state index contributed by atoms with van der Waals surface area (Å²) in [5.41, 5.74) is 0.115. The maximum absolute atomic E-state index is 15.1.